The average Bonchev–Trinajstić information content (AvgIpc) is 2.31. The molecule has 1 aromatic rings. The second kappa shape index (κ2) is 5.43. The maximum Gasteiger partial charge on any atom is 0.165 e. The number of hydrogen-bond donors (Lipinski definition) is 2. The Morgan fingerprint density at radius 1 is 1.19 bits per heavy atom. The summed E-state index contributed by atoms with van der Waals surface area (Å²) >= 11 is 0. The van der Waals surface area contributed by atoms with Crippen LogP contribution in [-0.2, 0) is 4.74 Å². The van der Waals surface area contributed by atoms with E-state index >= 15 is 0 Å². The first-order valence-electron chi connectivity index (χ1n) is 6.09. The zero-order chi connectivity index (χ0) is 11.4. The van der Waals surface area contributed by atoms with Gasteiger partial charge in [-0.25, -0.2) is 0 Å². The molecule has 0 aromatic heterocycles. The topological polar surface area (TPSA) is 41.3 Å². The molecule has 1 aromatic carbocycles. The third-order valence-corrected chi connectivity index (χ3v) is 3.30. The molecule has 0 aliphatic carbocycles. The van der Waals surface area contributed by atoms with Crippen molar-refractivity contribution in [1.29, 1.82) is 0 Å². The van der Waals surface area contributed by atoms with Crippen molar-refractivity contribution in [3.63, 3.8) is 0 Å². The fourth-order valence-corrected chi connectivity index (χ4v) is 2.57. The Balaban J connectivity index is 2.16. The minimum atomic E-state index is 0.426. The van der Waals surface area contributed by atoms with Crippen LogP contribution >= 0.6 is 0 Å². The van der Waals surface area contributed by atoms with Crippen LogP contribution < -0.4 is 10.6 Å². The van der Waals surface area contributed by atoms with Crippen molar-refractivity contribution in [3.8, 4) is 0 Å². The summed E-state index contributed by atoms with van der Waals surface area (Å²) in [7, 11) is 0. The number of nitrogens with one attached hydrogen (secondary N) is 1. The Morgan fingerprint density at radius 2 is 1.81 bits per heavy atom. The van der Waals surface area contributed by atoms with Crippen LogP contribution in [0.4, 0.5) is 0 Å². The number of hydrogen-bond acceptors (Lipinski definition) is 1. The Hall–Kier alpha value is -0.900. The van der Waals surface area contributed by atoms with Gasteiger partial charge in [-0.15, -0.1) is 0 Å². The van der Waals surface area contributed by atoms with E-state index in [-0.39, 0.29) is 0 Å². The Labute approximate surface area is 97.2 Å². The first kappa shape index (κ1) is 11.6. The van der Waals surface area contributed by atoms with E-state index in [4.69, 9.17) is 4.74 Å². The van der Waals surface area contributed by atoms with E-state index in [1.165, 1.54) is 5.56 Å². The van der Waals surface area contributed by atoms with Crippen LogP contribution in [0.15, 0.2) is 30.3 Å². The Bertz CT molecular complexity index is 307. The molecule has 1 fully saturated rings. The SMILES string of the molecule is C[C@H]([NH3+])[C@@H](c1ccccc1)[NH+]1CCOCC1. The summed E-state index contributed by atoms with van der Waals surface area (Å²) in [6.07, 6.45) is 0. The maximum atomic E-state index is 5.42. The highest BCUT2D eigenvalue weighted by atomic mass is 16.5. The Kier molecular flexibility index (Phi) is 3.93. The molecule has 1 aliphatic heterocycles. The van der Waals surface area contributed by atoms with Crippen molar-refractivity contribution in [2.75, 3.05) is 26.3 Å². The standard InChI is InChI=1S/C13H20N2O/c1-11(14)13(12-5-3-2-4-6-12)15-7-9-16-10-8-15/h2-6,11,13H,7-10,14H2,1H3/p+2/t11-,13-/m0/s1. The minimum absolute atomic E-state index is 0.426. The van der Waals surface area contributed by atoms with E-state index in [1.54, 1.807) is 4.90 Å². The third-order valence-electron chi connectivity index (χ3n) is 3.30. The Morgan fingerprint density at radius 3 is 2.38 bits per heavy atom. The highest BCUT2D eigenvalue weighted by Gasteiger charge is 2.31. The van der Waals surface area contributed by atoms with Gasteiger partial charge in [0.2, 0.25) is 0 Å². The summed E-state index contributed by atoms with van der Waals surface area (Å²) in [4.78, 5) is 1.61. The van der Waals surface area contributed by atoms with E-state index in [2.05, 4.69) is 43.0 Å². The molecule has 1 heterocycles. The van der Waals surface area contributed by atoms with Gasteiger partial charge in [0.15, 0.2) is 6.04 Å². The zero-order valence-corrected chi connectivity index (χ0v) is 9.99. The molecule has 3 nitrogen and oxygen atoms in total. The van der Waals surface area contributed by atoms with Gasteiger partial charge in [-0.1, -0.05) is 30.3 Å². The molecule has 2 atom stereocenters. The number of benzene rings is 1. The first-order chi connectivity index (χ1) is 7.79. The number of ether oxygens (including phenoxy) is 1. The number of morpholine rings is 1. The molecule has 0 bridgehead atoms. The quantitative estimate of drug-likeness (QED) is 0.696. The van der Waals surface area contributed by atoms with Crippen molar-refractivity contribution in [2.24, 2.45) is 0 Å². The van der Waals surface area contributed by atoms with Crippen molar-refractivity contribution in [2.45, 2.75) is 19.0 Å². The lowest BCUT2D eigenvalue weighted by Crippen LogP contribution is -3.16. The van der Waals surface area contributed by atoms with E-state index < -0.39 is 0 Å². The molecule has 88 valence electrons. The molecule has 0 radical (unpaired) electrons. The van der Waals surface area contributed by atoms with Crippen LogP contribution in [-0.4, -0.2) is 32.3 Å². The van der Waals surface area contributed by atoms with Crippen LogP contribution in [0.3, 0.4) is 0 Å². The van der Waals surface area contributed by atoms with E-state index in [0.29, 0.717) is 12.1 Å². The van der Waals surface area contributed by atoms with E-state index in [1.807, 2.05) is 0 Å². The summed E-state index contributed by atoms with van der Waals surface area (Å²) in [5.41, 5.74) is 5.63. The van der Waals surface area contributed by atoms with Crippen molar-refractivity contribution in [3.05, 3.63) is 35.9 Å². The highest BCUT2D eigenvalue weighted by molar-refractivity contribution is 5.17. The van der Waals surface area contributed by atoms with Crippen LogP contribution in [0, 0.1) is 0 Å². The molecule has 0 unspecified atom stereocenters. The van der Waals surface area contributed by atoms with Gasteiger partial charge in [-0.3, -0.25) is 0 Å². The molecule has 0 amide bonds. The summed E-state index contributed by atoms with van der Waals surface area (Å²) < 4.78 is 5.42. The van der Waals surface area contributed by atoms with Crippen LogP contribution in [0.2, 0.25) is 0 Å². The van der Waals surface area contributed by atoms with Gasteiger partial charge in [0, 0.05) is 5.56 Å². The monoisotopic (exact) mass is 222 g/mol. The second-order valence-corrected chi connectivity index (χ2v) is 4.64. The average molecular weight is 222 g/mol. The summed E-state index contributed by atoms with van der Waals surface area (Å²) in [6.45, 7) is 6.16. The largest absolute Gasteiger partial charge is 0.370 e. The smallest absolute Gasteiger partial charge is 0.165 e. The van der Waals surface area contributed by atoms with Gasteiger partial charge in [0.25, 0.3) is 0 Å². The van der Waals surface area contributed by atoms with Gasteiger partial charge in [0.1, 0.15) is 19.1 Å². The normalized spacial score (nSPS) is 21.6. The van der Waals surface area contributed by atoms with Crippen LogP contribution in [0.1, 0.15) is 18.5 Å². The lowest BCUT2D eigenvalue weighted by atomic mass is 9.99. The molecule has 4 N–H and O–H groups in total. The fraction of sp³-hybridized carbons (Fsp3) is 0.538. The maximum absolute atomic E-state index is 5.42. The molecule has 2 rings (SSSR count). The summed E-state index contributed by atoms with van der Waals surface area (Å²) in [5, 5.41) is 0. The molecule has 1 aliphatic rings. The number of rotatable bonds is 3. The molecule has 3 heteroatoms. The summed E-state index contributed by atoms with van der Waals surface area (Å²) in [5.74, 6) is 0. The van der Waals surface area contributed by atoms with Crippen molar-refractivity contribution in [1.82, 2.24) is 0 Å². The lowest BCUT2D eigenvalue weighted by molar-refractivity contribution is -0.949. The van der Waals surface area contributed by atoms with Gasteiger partial charge >= 0.3 is 0 Å². The molecule has 16 heavy (non-hydrogen) atoms. The predicted octanol–water partition coefficient (Wildman–Crippen LogP) is -0.727. The lowest BCUT2D eigenvalue weighted by Gasteiger charge is -2.32. The van der Waals surface area contributed by atoms with Gasteiger partial charge in [-0.2, -0.15) is 0 Å². The van der Waals surface area contributed by atoms with Crippen LogP contribution in [0.25, 0.3) is 0 Å². The van der Waals surface area contributed by atoms with Gasteiger partial charge < -0.3 is 15.4 Å². The molecular weight excluding hydrogens is 200 g/mol. The summed E-state index contributed by atoms with van der Waals surface area (Å²) in [6, 6.07) is 11.7. The van der Waals surface area contributed by atoms with E-state index in [0.717, 1.165) is 26.3 Å². The van der Waals surface area contributed by atoms with Crippen LogP contribution in [0.5, 0.6) is 0 Å². The third kappa shape index (κ3) is 2.61. The highest BCUT2D eigenvalue weighted by Crippen LogP contribution is 2.11. The zero-order valence-electron chi connectivity index (χ0n) is 9.99. The number of quaternary nitrogens is 2. The predicted molar refractivity (Wildman–Crippen MR) is 63.0 cm³/mol. The molecule has 1 saturated heterocycles. The van der Waals surface area contributed by atoms with E-state index in [9.17, 15) is 0 Å². The second-order valence-electron chi connectivity index (χ2n) is 4.64. The van der Waals surface area contributed by atoms with Gasteiger partial charge in [-0.05, 0) is 6.92 Å². The minimum Gasteiger partial charge on any atom is -0.370 e. The first-order valence-corrected chi connectivity index (χ1v) is 6.09. The molecule has 0 saturated carbocycles. The van der Waals surface area contributed by atoms with Crippen molar-refractivity contribution < 1.29 is 15.4 Å². The molecular formula is C13H22N2O+2. The van der Waals surface area contributed by atoms with Gasteiger partial charge in [0.05, 0.1) is 13.2 Å². The van der Waals surface area contributed by atoms with Crippen molar-refractivity contribution >= 4 is 0 Å². The fourth-order valence-electron chi connectivity index (χ4n) is 2.57. The molecule has 0 spiro atoms.